The minimum atomic E-state index is -0.833. The van der Waals surface area contributed by atoms with Gasteiger partial charge in [-0.05, 0) is 58.1 Å². The Bertz CT molecular complexity index is 856. The zero-order valence-electron chi connectivity index (χ0n) is 19.5. The third kappa shape index (κ3) is 9.38. The number of amides is 1. The largest absolute Gasteiger partial charge is 0.459 e. The van der Waals surface area contributed by atoms with Crippen molar-refractivity contribution in [2.45, 2.75) is 65.2 Å². The second-order valence-corrected chi connectivity index (χ2v) is 8.78. The molecule has 0 heterocycles. The van der Waals surface area contributed by atoms with E-state index in [9.17, 15) is 9.59 Å². The Labute approximate surface area is 191 Å². The molecule has 0 unspecified atom stereocenters. The zero-order chi connectivity index (χ0) is 23.4. The van der Waals surface area contributed by atoms with E-state index >= 15 is 0 Å². The number of ether oxygens (including phenoxy) is 2. The first-order valence-electron chi connectivity index (χ1n) is 11.2. The van der Waals surface area contributed by atoms with E-state index in [0.717, 1.165) is 24.8 Å². The number of rotatable bonds is 10. The molecule has 5 nitrogen and oxygen atoms in total. The van der Waals surface area contributed by atoms with E-state index < -0.39 is 23.7 Å². The van der Waals surface area contributed by atoms with Gasteiger partial charge in [0.1, 0.15) is 18.2 Å². The second kappa shape index (κ2) is 12.7. The van der Waals surface area contributed by atoms with Crippen LogP contribution in [0.15, 0.2) is 72.8 Å². The van der Waals surface area contributed by atoms with Crippen LogP contribution in [0.25, 0.3) is 0 Å². The van der Waals surface area contributed by atoms with Gasteiger partial charge in [-0.2, -0.15) is 0 Å². The first kappa shape index (κ1) is 25.2. The lowest BCUT2D eigenvalue weighted by molar-refractivity contribution is -0.148. The number of nitrogens with one attached hydrogen (secondary N) is 1. The van der Waals surface area contributed by atoms with Crippen LogP contribution >= 0.6 is 0 Å². The molecule has 1 amide bonds. The van der Waals surface area contributed by atoms with Crippen molar-refractivity contribution in [3.05, 3.63) is 83.9 Å². The molecule has 2 rings (SSSR count). The maximum atomic E-state index is 13.0. The Morgan fingerprint density at radius 2 is 1.56 bits per heavy atom. The highest BCUT2D eigenvalue weighted by atomic mass is 16.6. The van der Waals surface area contributed by atoms with Crippen molar-refractivity contribution < 1.29 is 19.1 Å². The van der Waals surface area contributed by atoms with Crippen molar-refractivity contribution in [3.8, 4) is 0 Å². The predicted octanol–water partition coefficient (Wildman–Crippen LogP) is 5.84. The summed E-state index contributed by atoms with van der Waals surface area (Å²) in [7, 11) is 0. The fraction of sp³-hybridized carbons (Fsp3) is 0.407. The number of aryl methyl sites for hydroxylation is 1. The lowest BCUT2D eigenvalue weighted by Gasteiger charge is -2.27. The lowest BCUT2D eigenvalue weighted by atomic mass is 9.92. The summed E-state index contributed by atoms with van der Waals surface area (Å²) in [6.45, 7) is 7.43. The van der Waals surface area contributed by atoms with E-state index in [-0.39, 0.29) is 12.5 Å². The molecule has 0 fully saturated rings. The number of hydrogen-bond acceptors (Lipinski definition) is 4. The lowest BCUT2D eigenvalue weighted by Crippen LogP contribution is -2.48. The van der Waals surface area contributed by atoms with Crippen LogP contribution in [0, 0.1) is 5.92 Å². The number of carbonyl (C=O) groups is 2. The number of carbonyl (C=O) groups excluding carboxylic acids is 2. The number of allylic oxidation sites excluding steroid dienone is 1. The van der Waals surface area contributed by atoms with Gasteiger partial charge in [-0.1, -0.05) is 72.8 Å². The maximum absolute atomic E-state index is 13.0. The molecule has 0 spiro atoms. The van der Waals surface area contributed by atoms with Crippen LogP contribution in [0.1, 0.15) is 51.7 Å². The average Bonchev–Trinajstić information content (AvgIpc) is 2.75. The summed E-state index contributed by atoms with van der Waals surface area (Å²) < 4.78 is 11.0. The van der Waals surface area contributed by atoms with Crippen LogP contribution in [0.5, 0.6) is 0 Å². The Hall–Kier alpha value is -3.08. The summed E-state index contributed by atoms with van der Waals surface area (Å²) in [5.74, 6) is -0.679. The molecule has 0 saturated carbocycles. The molecule has 0 bridgehead atoms. The van der Waals surface area contributed by atoms with E-state index in [1.807, 2.05) is 67.6 Å². The molecule has 1 N–H and O–H groups in total. The number of alkyl carbamates (subject to hydrolysis) is 1. The van der Waals surface area contributed by atoms with E-state index in [1.54, 1.807) is 20.8 Å². The number of esters is 1. The summed E-state index contributed by atoms with van der Waals surface area (Å²) in [6.07, 6.45) is 5.72. The van der Waals surface area contributed by atoms with Crippen LogP contribution in [0.3, 0.4) is 0 Å². The Kier molecular flexibility index (Phi) is 9.99. The smallest absolute Gasteiger partial charge is 0.408 e. The molecule has 0 saturated heterocycles. The predicted molar refractivity (Wildman–Crippen MR) is 127 cm³/mol. The molecule has 2 aromatic carbocycles. The Morgan fingerprint density at radius 3 is 2.12 bits per heavy atom. The molecule has 2 aromatic rings. The van der Waals surface area contributed by atoms with Crippen molar-refractivity contribution in [2.75, 3.05) is 0 Å². The van der Waals surface area contributed by atoms with Gasteiger partial charge in [0.25, 0.3) is 0 Å². The molecule has 0 aliphatic heterocycles. The molecular weight excluding hydrogens is 402 g/mol. The Balaban J connectivity index is 2.10. The van der Waals surface area contributed by atoms with Gasteiger partial charge in [-0.25, -0.2) is 9.59 Å². The molecule has 172 valence electrons. The summed E-state index contributed by atoms with van der Waals surface area (Å²) in [5, 5.41) is 2.76. The molecular formula is C27H35NO4. The first-order chi connectivity index (χ1) is 15.3. The summed E-state index contributed by atoms with van der Waals surface area (Å²) >= 11 is 0. The van der Waals surface area contributed by atoms with Crippen molar-refractivity contribution in [3.63, 3.8) is 0 Å². The van der Waals surface area contributed by atoms with Crippen molar-refractivity contribution in [1.29, 1.82) is 0 Å². The normalized spacial score (nSPS) is 13.4. The van der Waals surface area contributed by atoms with Gasteiger partial charge in [0, 0.05) is 5.92 Å². The summed E-state index contributed by atoms with van der Waals surface area (Å²) in [5.41, 5.74) is 1.48. The monoisotopic (exact) mass is 437 g/mol. The highest BCUT2D eigenvalue weighted by Crippen LogP contribution is 2.19. The first-order valence-corrected chi connectivity index (χ1v) is 11.2. The van der Waals surface area contributed by atoms with Gasteiger partial charge >= 0.3 is 12.1 Å². The van der Waals surface area contributed by atoms with Gasteiger partial charge in [0.2, 0.25) is 0 Å². The van der Waals surface area contributed by atoms with Crippen LogP contribution < -0.4 is 5.32 Å². The van der Waals surface area contributed by atoms with E-state index in [0.29, 0.717) is 0 Å². The highest BCUT2D eigenvalue weighted by molar-refractivity contribution is 5.82. The van der Waals surface area contributed by atoms with Crippen LogP contribution in [0.4, 0.5) is 4.79 Å². The number of hydrogen-bond donors (Lipinski definition) is 1. The molecule has 0 aromatic heterocycles. The summed E-state index contributed by atoms with van der Waals surface area (Å²) in [4.78, 5) is 25.5. The van der Waals surface area contributed by atoms with Crippen LogP contribution in [-0.2, 0) is 27.3 Å². The van der Waals surface area contributed by atoms with Gasteiger partial charge in [-0.15, -0.1) is 0 Å². The summed E-state index contributed by atoms with van der Waals surface area (Å²) in [6, 6.07) is 18.9. The molecule has 0 radical (unpaired) electrons. The van der Waals surface area contributed by atoms with Crippen LogP contribution in [-0.4, -0.2) is 23.7 Å². The molecule has 5 heteroatoms. The number of benzene rings is 2. The van der Waals surface area contributed by atoms with E-state index in [4.69, 9.17) is 9.47 Å². The Morgan fingerprint density at radius 1 is 0.969 bits per heavy atom. The standard InChI is InChI=1S/C27H35NO4/c1-5-13-23(19-12-18-21-14-8-6-9-15-21)24(28-26(30)32-27(2,3)4)25(29)31-20-22-16-10-7-11-17-22/h5-11,13-17,23-24H,12,18-20H2,1-4H3,(H,28,30)/b13-5+/t23-,24-/m1/s1. The fourth-order valence-corrected chi connectivity index (χ4v) is 3.40. The third-order valence-corrected chi connectivity index (χ3v) is 4.86. The van der Waals surface area contributed by atoms with E-state index in [1.165, 1.54) is 5.56 Å². The van der Waals surface area contributed by atoms with Gasteiger partial charge in [0.15, 0.2) is 0 Å². The highest BCUT2D eigenvalue weighted by Gasteiger charge is 2.31. The second-order valence-electron chi connectivity index (χ2n) is 8.78. The zero-order valence-corrected chi connectivity index (χ0v) is 19.5. The maximum Gasteiger partial charge on any atom is 0.408 e. The fourth-order valence-electron chi connectivity index (χ4n) is 3.40. The molecule has 2 atom stereocenters. The van der Waals surface area contributed by atoms with Crippen LogP contribution in [0.2, 0.25) is 0 Å². The van der Waals surface area contributed by atoms with Gasteiger partial charge < -0.3 is 14.8 Å². The van der Waals surface area contributed by atoms with Crippen molar-refractivity contribution in [1.82, 2.24) is 5.32 Å². The van der Waals surface area contributed by atoms with E-state index in [2.05, 4.69) is 17.4 Å². The van der Waals surface area contributed by atoms with Gasteiger partial charge in [-0.3, -0.25) is 0 Å². The van der Waals surface area contributed by atoms with Crippen molar-refractivity contribution in [2.24, 2.45) is 5.92 Å². The molecule has 0 aliphatic carbocycles. The topological polar surface area (TPSA) is 64.6 Å². The van der Waals surface area contributed by atoms with Gasteiger partial charge in [0.05, 0.1) is 0 Å². The minimum Gasteiger partial charge on any atom is -0.459 e. The average molecular weight is 438 g/mol. The minimum absolute atomic E-state index is 0.152. The van der Waals surface area contributed by atoms with Crippen molar-refractivity contribution >= 4 is 12.1 Å². The third-order valence-electron chi connectivity index (χ3n) is 4.86. The SMILES string of the molecule is C/C=C/[C@H](CCCc1ccccc1)[C@@H](NC(=O)OC(C)(C)C)C(=O)OCc1ccccc1. The molecule has 0 aliphatic rings. The molecule has 32 heavy (non-hydrogen) atoms. The quantitative estimate of drug-likeness (QED) is 0.375.